The predicted molar refractivity (Wildman–Crippen MR) is 118 cm³/mol. The fourth-order valence-electron chi connectivity index (χ4n) is 3.31. The molecule has 0 aliphatic heterocycles. The van der Waals surface area contributed by atoms with Crippen molar-refractivity contribution in [3.63, 3.8) is 0 Å². The van der Waals surface area contributed by atoms with Gasteiger partial charge in [-0.25, -0.2) is 9.78 Å². The van der Waals surface area contributed by atoms with Crippen LogP contribution in [0, 0.1) is 6.92 Å². The molecule has 0 aliphatic carbocycles. The van der Waals surface area contributed by atoms with Gasteiger partial charge in [-0.3, -0.25) is 5.43 Å². The highest BCUT2D eigenvalue weighted by Gasteiger charge is 2.11. The maximum Gasteiger partial charge on any atom is 0.345 e. The van der Waals surface area contributed by atoms with Gasteiger partial charge in [-0.15, -0.1) is 11.3 Å². The number of thiazole rings is 1. The number of aromatic nitrogens is 2. The Morgan fingerprint density at radius 2 is 2.00 bits per heavy atom. The van der Waals surface area contributed by atoms with Crippen molar-refractivity contribution in [2.75, 3.05) is 5.43 Å². The Balaban J connectivity index is 1.41. The molecule has 0 atom stereocenters. The molecule has 0 spiro atoms. The van der Waals surface area contributed by atoms with E-state index in [2.05, 4.69) is 26.6 Å². The topological polar surface area (TPSA) is 83.3 Å². The van der Waals surface area contributed by atoms with E-state index in [0.717, 1.165) is 27.5 Å². The van der Waals surface area contributed by atoms with Crippen LogP contribution in [0.5, 0.6) is 0 Å². The van der Waals surface area contributed by atoms with Gasteiger partial charge in [0.1, 0.15) is 5.58 Å². The van der Waals surface area contributed by atoms with Crippen LogP contribution < -0.4 is 11.1 Å². The third-order valence-electron chi connectivity index (χ3n) is 4.72. The van der Waals surface area contributed by atoms with E-state index in [9.17, 15) is 4.79 Å². The highest BCUT2D eigenvalue weighted by atomic mass is 32.1. The molecule has 3 aromatic heterocycles. The largest absolute Gasteiger partial charge is 0.422 e. The predicted octanol–water partition coefficient (Wildman–Crippen LogP) is 5.15. The monoisotopic (exact) mass is 400 g/mol. The molecule has 0 saturated heterocycles. The lowest BCUT2D eigenvalue weighted by atomic mass is 10.1. The van der Waals surface area contributed by atoms with E-state index < -0.39 is 5.63 Å². The Morgan fingerprint density at radius 3 is 2.93 bits per heavy atom. The van der Waals surface area contributed by atoms with Crippen LogP contribution in [0.3, 0.4) is 0 Å². The van der Waals surface area contributed by atoms with E-state index in [4.69, 9.17) is 4.42 Å². The summed E-state index contributed by atoms with van der Waals surface area (Å²) < 4.78 is 5.40. The third-order valence-corrected chi connectivity index (χ3v) is 5.47. The first kappa shape index (κ1) is 17.4. The van der Waals surface area contributed by atoms with Crippen molar-refractivity contribution in [3.8, 4) is 11.3 Å². The smallest absolute Gasteiger partial charge is 0.345 e. The number of benzene rings is 2. The van der Waals surface area contributed by atoms with Crippen LogP contribution in [0.2, 0.25) is 0 Å². The van der Waals surface area contributed by atoms with Gasteiger partial charge in [-0.1, -0.05) is 36.4 Å². The molecule has 5 aromatic rings. The summed E-state index contributed by atoms with van der Waals surface area (Å²) >= 11 is 1.38. The van der Waals surface area contributed by atoms with Crippen LogP contribution in [0.4, 0.5) is 5.13 Å². The average Bonchev–Trinajstić information content (AvgIpc) is 3.32. The number of para-hydroxylation sites is 2. The Kier molecular flexibility index (Phi) is 4.22. The van der Waals surface area contributed by atoms with E-state index >= 15 is 0 Å². The maximum absolute atomic E-state index is 12.3. The van der Waals surface area contributed by atoms with Crippen LogP contribution in [-0.2, 0) is 0 Å². The normalized spacial score (nSPS) is 11.6. The molecule has 2 aromatic carbocycles. The fraction of sp³-hybridized carbons (Fsp3) is 0.0455. The lowest BCUT2D eigenvalue weighted by molar-refractivity contribution is 0.563. The highest BCUT2D eigenvalue weighted by molar-refractivity contribution is 7.14. The second-order valence-electron chi connectivity index (χ2n) is 6.60. The van der Waals surface area contributed by atoms with Crippen LogP contribution in [0.25, 0.3) is 33.1 Å². The summed E-state index contributed by atoms with van der Waals surface area (Å²) in [4.78, 5) is 20.1. The minimum Gasteiger partial charge on any atom is -0.422 e. The average molecular weight is 400 g/mol. The highest BCUT2D eigenvalue weighted by Crippen LogP contribution is 2.25. The third kappa shape index (κ3) is 3.21. The summed E-state index contributed by atoms with van der Waals surface area (Å²) in [6.45, 7) is 2.02. The molecule has 0 unspecified atom stereocenters. The second-order valence-corrected chi connectivity index (χ2v) is 7.46. The van der Waals surface area contributed by atoms with E-state index in [1.54, 1.807) is 18.3 Å². The molecule has 142 valence electrons. The SMILES string of the molecule is Cc1[nH]c2ccccc2c1/C=N/Nc1nc(-c2cc3ccccc3oc2=O)cs1. The van der Waals surface area contributed by atoms with E-state index in [1.165, 1.54) is 11.3 Å². The van der Waals surface area contributed by atoms with Crippen LogP contribution in [-0.4, -0.2) is 16.2 Å². The molecule has 0 aliphatic rings. The molecule has 0 saturated carbocycles. The Morgan fingerprint density at radius 1 is 1.17 bits per heavy atom. The quantitative estimate of drug-likeness (QED) is 0.248. The number of nitrogens with zero attached hydrogens (tertiary/aromatic N) is 2. The molecule has 0 amide bonds. The number of nitrogens with one attached hydrogen (secondary N) is 2. The lowest BCUT2D eigenvalue weighted by Crippen LogP contribution is -2.02. The van der Waals surface area contributed by atoms with Gasteiger partial charge in [0.25, 0.3) is 0 Å². The van der Waals surface area contributed by atoms with Crippen molar-refractivity contribution < 1.29 is 4.42 Å². The molecule has 7 heteroatoms. The van der Waals surface area contributed by atoms with Gasteiger partial charge >= 0.3 is 5.63 Å². The Hall–Kier alpha value is -3.71. The number of hydrogen-bond donors (Lipinski definition) is 2. The molecule has 0 fully saturated rings. The molecular weight excluding hydrogens is 384 g/mol. The molecule has 6 nitrogen and oxygen atoms in total. The van der Waals surface area contributed by atoms with Crippen molar-refractivity contribution in [2.45, 2.75) is 6.92 Å². The Bertz CT molecular complexity index is 1430. The molecular formula is C22H16N4O2S. The number of aryl methyl sites for hydroxylation is 1. The first-order valence-corrected chi connectivity index (χ1v) is 9.92. The molecule has 29 heavy (non-hydrogen) atoms. The van der Waals surface area contributed by atoms with Crippen LogP contribution >= 0.6 is 11.3 Å². The number of anilines is 1. The number of aromatic amines is 1. The fourth-order valence-corrected chi connectivity index (χ4v) is 3.97. The van der Waals surface area contributed by atoms with E-state index in [1.807, 2.05) is 48.7 Å². The van der Waals surface area contributed by atoms with Gasteiger partial charge in [0.2, 0.25) is 5.13 Å². The van der Waals surface area contributed by atoms with Crippen molar-refractivity contribution >= 4 is 44.6 Å². The summed E-state index contributed by atoms with van der Waals surface area (Å²) in [5.41, 5.74) is 7.26. The number of fused-ring (bicyclic) bond motifs is 2. The van der Waals surface area contributed by atoms with Crippen LogP contribution in [0.15, 0.2) is 74.3 Å². The number of H-pyrrole nitrogens is 1. The first-order valence-electron chi connectivity index (χ1n) is 9.04. The van der Waals surface area contributed by atoms with Crippen molar-refractivity contribution in [3.05, 3.63) is 81.7 Å². The summed E-state index contributed by atoms with van der Waals surface area (Å²) in [6.07, 6.45) is 1.78. The standard InChI is InChI=1S/C22H16N4O2S/c1-13-17(15-7-3-4-8-18(15)24-13)11-23-26-22-25-19(12-29-22)16-10-14-6-2-5-9-20(14)28-21(16)27/h2-12,24H,1H3,(H,25,26)/b23-11+. The molecule has 0 bridgehead atoms. The Labute approximate surface area is 169 Å². The summed E-state index contributed by atoms with van der Waals surface area (Å²) in [5, 5.41) is 8.71. The molecule has 3 heterocycles. The van der Waals surface area contributed by atoms with Gasteiger partial charge in [0.05, 0.1) is 17.5 Å². The summed E-state index contributed by atoms with van der Waals surface area (Å²) in [5.74, 6) is 0. The van der Waals surface area contributed by atoms with Gasteiger partial charge in [0, 0.05) is 32.9 Å². The van der Waals surface area contributed by atoms with Crippen molar-refractivity contribution in [2.24, 2.45) is 5.10 Å². The van der Waals surface area contributed by atoms with Gasteiger partial charge in [-0.2, -0.15) is 5.10 Å². The van der Waals surface area contributed by atoms with E-state index in [-0.39, 0.29) is 0 Å². The van der Waals surface area contributed by atoms with Gasteiger partial charge in [-0.05, 0) is 25.1 Å². The van der Waals surface area contributed by atoms with Crippen molar-refractivity contribution in [1.29, 1.82) is 0 Å². The number of hydrazone groups is 1. The molecule has 0 radical (unpaired) electrons. The first-order chi connectivity index (χ1) is 14.2. The summed E-state index contributed by atoms with van der Waals surface area (Å²) in [6, 6.07) is 17.3. The minimum absolute atomic E-state index is 0.404. The van der Waals surface area contributed by atoms with Crippen molar-refractivity contribution in [1.82, 2.24) is 9.97 Å². The van der Waals surface area contributed by atoms with E-state index in [0.29, 0.717) is 22.0 Å². The maximum atomic E-state index is 12.3. The second kappa shape index (κ2) is 7.03. The zero-order chi connectivity index (χ0) is 19.8. The molecule has 2 N–H and O–H groups in total. The van der Waals surface area contributed by atoms with Crippen LogP contribution in [0.1, 0.15) is 11.3 Å². The number of hydrogen-bond acceptors (Lipinski definition) is 6. The summed E-state index contributed by atoms with van der Waals surface area (Å²) in [7, 11) is 0. The van der Waals surface area contributed by atoms with Gasteiger partial charge in [0.15, 0.2) is 0 Å². The minimum atomic E-state index is -0.404. The lowest BCUT2D eigenvalue weighted by Gasteiger charge is -1.99. The molecule has 5 rings (SSSR count). The zero-order valence-corrected chi connectivity index (χ0v) is 16.3. The van der Waals surface area contributed by atoms with Gasteiger partial charge < -0.3 is 9.40 Å². The zero-order valence-electron chi connectivity index (χ0n) is 15.5. The number of rotatable bonds is 4.